The molecule has 1 heterocycles. The van der Waals surface area contributed by atoms with Crippen molar-refractivity contribution >= 4 is 22.8 Å². The maximum absolute atomic E-state index is 13.7. The number of amides is 2. The summed E-state index contributed by atoms with van der Waals surface area (Å²) < 4.78 is 25.5. The van der Waals surface area contributed by atoms with Crippen molar-refractivity contribution in [2.75, 3.05) is 14.2 Å². The summed E-state index contributed by atoms with van der Waals surface area (Å²) in [6.07, 6.45) is 2.20. The molecule has 0 unspecified atom stereocenters. The molecule has 8 heteroatoms. The van der Waals surface area contributed by atoms with Crippen LogP contribution in [-0.4, -0.2) is 42.7 Å². The third kappa shape index (κ3) is 5.32. The third-order valence-electron chi connectivity index (χ3n) is 7.86. The predicted octanol–water partition coefficient (Wildman–Crippen LogP) is 6.18. The Bertz CT molecular complexity index is 1630. The Kier molecular flexibility index (Phi) is 7.62. The van der Waals surface area contributed by atoms with Crippen LogP contribution >= 0.6 is 0 Å². The normalized spacial score (nSPS) is 18.2. The maximum atomic E-state index is 13.7. The minimum absolute atomic E-state index is 0.274. The Morgan fingerprint density at radius 3 is 2.41 bits per heavy atom. The van der Waals surface area contributed by atoms with Crippen LogP contribution < -0.4 is 15.4 Å². The Hall–Kier alpha value is -4.17. The van der Waals surface area contributed by atoms with E-state index in [-0.39, 0.29) is 17.6 Å². The highest BCUT2D eigenvalue weighted by atomic mass is 19.1. The van der Waals surface area contributed by atoms with E-state index in [1.54, 1.807) is 19.2 Å². The molecule has 0 bridgehead atoms. The highest BCUT2D eigenvalue weighted by molar-refractivity contribution is 6.12. The molecule has 2 amide bonds. The number of furan rings is 1. The lowest BCUT2D eigenvalue weighted by Crippen LogP contribution is -2.57. The number of benzene rings is 3. The zero-order valence-corrected chi connectivity index (χ0v) is 24.0. The van der Waals surface area contributed by atoms with Crippen molar-refractivity contribution in [2.45, 2.75) is 58.1 Å². The molecule has 1 aromatic heterocycles. The molecule has 1 aliphatic carbocycles. The number of carbonyl (C=O) groups excluding carboxylic acids is 2. The number of aliphatic hydroxyl groups excluding tert-OH is 1. The van der Waals surface area contributed by atoms with Gasteiger partial charge in [0.05, 0.1) is 24.3 Å². The molecule has 41 heavy (non-hydrogen) atoms. The van der Waals surface area contributed by atoms with Gasteiger partial charge in [-0.1, -0.05) is 13.3 Å². The number of fused-ring (bicyclic) bond motifs is 1. The Labute approximate surface area is 238 Å². The molecule has 7 nitrogen and oxygen atoms in total. The van der Waals surface area contributed by atoms with E-state index in [1.165, 1.54) is 19.2 Å². The van der Waals surface area contributed by atoms with Gasteiger partial charge in [-0.15, -0.1) is 0 Å². The first-order chi connectivity index (χ1) is 19.6. The molecule has 1 fully saturated rings. The number of ether oxygens (including phenoxy) is 1. The van der Waals surface area contributed by atoms with Crippen molar-refractivity contribution in [2.24, 2.45) is 0 Å². The summed E-state index contributed by atoms with van der Waals surface area (Å²) in [4.78, 5) is 26.6. The number of rotatable bonds is 8. The van der Waals surface area contributed by atoms with Gasteiger partial charge < -0.3 is 24.9 Å². The van der Waals surface area contributed by atoms with Crippen LogP contribution in [0.15, 0.2) is 52.9 Å². The second-order valence-corrected chi connectivity index (χ2v) is 11.1. The number of halogens is 1. The molecule has 0 atom stereocenters. The minimum atomic E-state index is -0.477. The number of aryl methyl sites for hydroxylation is 2. The second-order valence-electron chi connectivity index (χ2n) is 11.1. The van der Waals surface area contributed by atoms with Crippen LogP contribution in [0, 0.1) is 12.7 Å². The first kappa shape index (κ1) is 28.4. The third-order valence-corrected chi connectivity index (χ3v) is 7.86. The fourth-order valence-electron chi connectivity index (χ4n) is 5.81. The fraction of sp³-hybridized carbons (Fsp3) is 0.333. The maximum Gasteiger partial charge on any atom is 0.255 e. The van der Waals surface area contributed by atoms with Gasteiger partial charge in [0.2, 0.25) is 0 Å². The van der Waals surface area contributed by atoms with E-state index in [1.807, 2.05) is 38.1 Å². The van der Waals surface area contributed by atoms with Crippen LogP contribution in [0.3, 0.4) is 0 Å². The molecule has 5 rings (SSSR count). The summed E-state index contributed by atoms with van der Waals surface area (Å²) in [6.45, 7) is 5.97. The Balaban J connectivity index is 1.70. The van der Waals surface area contributed by atoms with Crippen molar-refractivity contribution < 1.29 is 28.2 Å². The van der Waals surface area contributed by atoms with Gasteiger partial charge >= 0.3 is 0 Å². The van der Waals surface area contributed by atoms with Crippen LogP contribution in [-0.2, 0) is 6.42 Å². The summed E-state index contributed by atoms with van der Waals surface area (Å²) in [6, 6.07) is 13.4. The van der Waals surface area contributed by atoms with Crippen LogP contribution in [0.4, 0.5) is 4.39 Å². The van der Waals surface area contributed by atoms with Gasteiger partial charge in [0.1, 0.15) is 22.9 Å². The number of carbonyl (C=O) groups is 2. The molecular weight excluding hydrogens is 523 g/mol. The number of nitrogens with one attached hydrogen (secondary N) is 2. The molecule has 1 aliphatic rings. The van der Waals surface area contributed by atoms with Gasteiger partial charge in [-0.05, 0) is 104 Å². The monoisotopic (exact) mass is 558 g/mol. The summed E-state index contributed by atoms with van der Waals surface area (Å²) in [5.41, 5.74) is 5.06. The summed E-state index contributed by atoms with van der Waals surface area (Å²) in [5, 5.41) is 16.2. The number of hydrogen-bond acceptors (Lipinski definition) is 5. The Morgan fingerprint density at radius 1 is 1.10 bits per heavy atom. The summed E-state index contributed by atoms with van der Waals surface area (Å²) in [5.74, 6) is -0.154. The van der Waals surface area contributed by atoms with Crippen molar-refractivity contribution in [3.8, 4) is 28.2 Å². The largest absolute Gasteiger partial charge is 0.496 e. The van der Waals surface area contributed by atoms with Gasteiger partial charge in [0.15, 0.2) is 0 Å². The van der Waals surface area contributed by atoms with E-state index in [9.17, 15) is 19.1 Å². The van der Waals surface area contributed by atoms with Crippen molar-refractivity contribution in [1.82, 2.24) is 10.6 Å². The van der Waals surface area contributed by atoms with Crippen LogP contribution in [0.1, 0.15) is 65.0 Å². The van der Waals surface area contributed by atoms with E-state index in [2.05, 4.69) is 17.6 Å². The molecule has 3 aromatic carbocycles. The number of aliphatic hydroxyl groups is 1. The summed E-state index contributed by atoms with van der Waals surface area (Å²) >= 11 is 0. The lowest BCUT2D eigenvalue weighted by molar-refractivity contribution is 0.0127. The van der Waals surface area contributed by atoms with Crippen LogP contribution in [0.2, 0.25) is 0 Å². The molecule has 0 saturated heterocycles. The average Bonchev–Trinajstić information content (AvgIpc) is 3.30. The standard InChI is InChI=1S/C33H35FN2O5/c1-6-7-20-13-28-25(29(32(39)35-4)30(41-28)19-8-10-21(34)11-9-19)15-24(20)23-14-26(27(40-5)12-18(23)2)31(38)36-33(3)16-22(37)17-33/h8-15,22,37H,6-7,16-17H2,1-5H3,(H,35,39)(H,36,38). The molecule has 0 spiro atoms. The van der Waals surface area contributed by atoms with Crippen LogP contribution in [0.5, 0.6) is 5.75 Å². The second kappa shape index (κ2) is 11.0. The van der Waals surface area contributed by atoms with Crippen molar-refractivity contribution in [3.05, 3.63) is 76.6 Å². The minimum Gasteiger partial charge on any atom is -0.496 e. The smallest absolute Gasteiger partial charge is 0.255 e. The van der Waals surface area contributed by atoms with Crippen molar-refractivity contribution in [1.29, 1.82) is 0 Å². The highest BCUT2D eigenvalue weighted by Gasteiger charge is 2.41. The molecule has 4 aromatic rings. The van der Waals surface area contributed by atoms with E-state index < -0.39 is 11.6 Å². The van der Waals surface area contributed by atoms with E-state index in [0.29, 0.717) is 52.0 Å². The summed E-state index contributed by atoms with van der Waals surface area (Å²) in [7, 11) is 3.09. The molecule has 1 saturated carbocycles. The van der Waals surface area contributed by atoms with Gasteiger partial charge in [0.25, 0.3) is 11.8 Å². The van der Waals surface area contributed by atoms with E-state index in [0.717, 1.165) is 35.1 Å². The molecule has 0 radical (unpaired) electrons. The molecular formula is C33H35FN2O5. The van der Waals surface area contributed by atoms with Gasteiger partial charge in [-0.25, -0.2) is 4.39 Å². The molecule has 214 valence electrons. The Morgan fingerprint density at radius 2 is 1.80 bits per heavy atom. The number of hydrogen-bond donors (Lipinski definition) is 3. The van der Waals surface area contributed by atoms with Gasteiger partial charge in [0, 0.05) is 23.5 Å². The average molecular weight is 559 g/mol. The van der Waals surface area contributed by atoms with Crippen LogP contribution in [0.25, 0.3) is 33.4 Å². The lowest BCUT2D eigenvalue weighted by atomic mass is 9.76. The predicted molar refractivity (Wildman–Crippen MR) is 157 cm³/mol. The zero-order chi connectivity index (χ0) is 29.5. The van der Waals surface area contributed by atoms with Gasteiger partial charge in [-0.3, -0.25) is 9.59 Å². The van der Waals surface area contributed by atoms with Gasteiger partial charge in [-0.2, -0.15) is 0 Å². The highest BCUT2D eigenvalue weighted by Crippen LogP contribution is 2.41. The molecule has 3 N–H and O–H groups in total. The molecule has 0 aliphatic heterocycles. The van der Waals surface area contributed by atoms with E-state index in [4.69, 9.17) is 9.15 Å². The first-order valence-electron chi connectivity index (χ1n) is 13.8. The quantitative estimate of drug-likeness (QED) is 0.240. The fourth-order valence-corrected chi connectivity index (χ4v) is 5.81. The lowest BCUT2D eigenvalue weighted by Gasteiger charge is -2.43. The number of methoxy groups -OCH3 is 1. The zero-order valence-electron chi connectivity index (χ0n) is 24.0. The first-order valence-corrected chi connectivity index (χ1v) is 13.8. The van der Waals surface area contributed by atoms with E-state index >= 15 is 0 Å². The topological polar surface area (TPSA) is 101 Å². The SMILES string of the molecule is CCCc1cc2oc(-c3ccc(F)cc3)c(C(=O)NC)c2cc1-c1cc(C(=O)NC2(C)CC(O)C2)c(OC)cc1C. The van der Waals surface area contributed by atoms with Crippen molar-refractivity contribution in [3.63, 3.8) is 0 Å².